The third-order valence-electron chi connectivity index (χ3n) is 4.58. The monoisotopic (exact) mass is 433 g/mol. The third kappa shape index (κ3) is 4.17. The largest absolute Gasteiger partial charge is 0.493 e. The van der Waals surface area contributed by atoms with Crippen LogP contribution in [0.5, 0.6) is 5.75 Å². The summed E-state index contributed by atoms with van der Waals surface area (Å²) in [5, 5.41) is 11.2. The standard InChI is InChI=1S/C22H19N5O3S/c1-23-21(28)13-10-16(19(25-11-13)27-20-17(30-2)7-5-9-24-20)26-22(29)15-12-31-18-8-4-3-6-14(15)18/h3-12H,1-2H3,(H,23,28)(H,26,29)(H,24,25,27). The fourth-order valence-electron chi connectivity index (χ4n) is 3.03. The maximum atomic E-state index is 13.1. The Morgan fingerprint density at radius 3 is 2.68 bits per heavy atom. The summed E-state index contributed by atoms with van der Waals surface area (Å²) in [5.74, 6) is 0.662. The van der Waals surface area contributed by atoms with Gasteiger partial charge >= 0.3 is 0 Å². The van der Waals surface area contributed by atoms with Crippen molar-refractivity contribution in [2.24, 2.45) is 0 Å². The van der Waals surface area contributed by atoms with Gasteiger partial charge in [-0.3, -0.25) is 9.59 Å². The van der Waals surface area contributed by atoms with Gasteiger partial charge in [-0.2, -0.15) is 0 Å². The Bertz CT molecular complexity index is 1270. The van der Waals surface area contributed by atoms with Crippen LogP contribution < -0.4 is 20.7 Å². The Morgan fingerprint density at radius 2 is 1.87 bits per heavy atom. The number of anilines is 3. The van der Waals surface area contributed by atoms with Gasteiger partial charge in [-0.1, -0.05) is 18.2 Å². The van der Waals surface area contributed by atoms with Crippen molar-refractivity contribution in [2.75, 3.05) is 24.8 Å². The van der Waals surface area contributed by atoms with Crippen LogP contribution in [0.25, 0.3) is 10.1 Å². The van der Waals surface area contributed by atoms with Gasteiger partial charge < -0.3 is 20.7 Å². The number of fused-ring (bicyclic) bond motifs is 1. The van der Waals surface area contributed by atoms with E-state index >= 15 is 0 Å². The Kier molecular flexibility index (Phi) is 5.76. The molecule has 4 aromatic rings. The SMILES string of the molecule is CNC(=O)c1cnc(Nc2ncccc2OC)c(NC(=O)c2csc3ccccc23)c1. The van der Waals surface area contributed by atoms with Crippen LogP contribution in [0.3, 0.4) is 0 Å². The smallest absolute Gasteiger partial charge is 0.257 e. The molecule has 2 amide bonds. The van der Waals surface area contributed by atoms with E-state index in [4.69, 9.17) is 4.74 Å². The Hall–Kier alpha value is -3.98. The minimum Gasteiger partial charge on any atom is -0.493 e. The molecule has 31 heavy (non-hydrogen) atoms. The number of methoxy groups -OCH3 is 1. The van der Waals surface area contributed by atoms with Gasteiger partial charge in [0.15, 0.2) is 17.4 Å². The third-order valence-corrected chi connectivity index (χ3v) is 5.54. The van der Waals surface area contributed by atoms with Crippen LogP contribution in [-0.4, -0.2) is 35.9 Å². The van der Waals surface area contributed by atoms with Gasteiger partial charge in [-0.15, -0.1) is 11.3 Å². The quantitative estimate of drug-likeness (QED) is 0.424. The maximum Gasteiger partial charge on any atom is 0.257 e. The Balaban J connectivity index is 1.71. The fourth-order valence-corrected chi connectivity index (χ4v) is 3.97. The molecular weight excluding hydrogens is 414 g/mol. The molecule has 8 nitrogen and oxygen atoms in total. The molecular formula is C22H19N5O3S. The first kappa shape index (κ1) is 20.3. The van der Waals surface area contributed by atoms with Crippen molar-refractivity contribution in [3.8, 4) is 5.75 Å². The number of pyridine rings is 2. The first-order valence-electron chi connectivity index (χ1n) is 9.36. The summed E-state index contributed by atoms with van der Waals surface area (Å²) in [5.41, 5.74) is 1.20. The van der Waals surface area contributed by atoms with Crippen LogP contribution in [0, 0.1) is 0 Å². The molecule has 0 radical (unpaired) electrons. The number of hydrogen-bond acceptors (Lipinski definition) is 7. The van der Waals surface area contributed by atoms with E-state index in [9.17, 15) is 9.59 Å². The van der Waals surface area contributed by atoms with E-state index in [1.807, 2.05) is 29.6 Å². The number of thiophene rings is 1. The molecule has 0 aliphatic rings. The molecule has 3 N–H and O–H groups in total. The second kappa shape index (κ2) is 8.80. The second-order valence-corrected chi connectivity index (χ2v) is 7.39. The van der Waals surface area contributed by atoms with Gasteiger partial charge in [-0.05, 0) is 24.3 Å². The molecule has 3 aromatic heterocycles. The number of carbonyl (C=O) groups is 2. The molecule has 3 heterocycles. The number of ether oxygens (including phenoxy) is 1. The van der Waals surface area contributed by atoms with Crippen molar-refractivity contribution < 1.29 is 14.3 Å². The molecule has 0 aliphatic heterocycles. The van der Waals surface area contributed by atoms with Crippen molar-refractivity contribution in [3.05, 3.63) is 71.4 Å². The molecule has 0 atom stereocenters. The normalized spacial score (nSPS) is 10.5. The molecule has 156 valence electrons. The number of benzene rings is 1. The van der Waals surface area contributed by atoms with Crippen molar-refractivity contribution in [1.82, 2.24) is 15.3 Å². The molecule has 1 aromatic carbocycles. The molecule has 0 spiro atoms. The molecule has 0 saturated heterocycles. The topological polar surface area (TPSA) is 105 Å². The highest BCUT2D eigenvalue weighted by Gasteiger charge is 2.17. The predicted molar refractivity (Wildman–Crippen MR) is 121 cm³/mol. The van der Waals surface area contributed by atoms with E-state index in [1.54, 1.807) is 24.4 Å². The van der Waals surface area contributed by atoms with Gasteiger partial charge in [0.25, 0.3) is 11.8 Å². The minimum atomic E-state index is -0.314. The number of amides is 2. The van der Waals surface area contributed by atoms with Gasteiger partial charge in [0.2, 0.25) is 0 Å². The van der Waals surface area contributed by atoms with Crippen LogP contribution in [0.15, 0.2) is 60.2 Å². The van der Waals surface area contributed by atoms with E-state index in [1.165, 1.54) is 31.7 Å². The molecule has 0 aliphatic carbocycles. The lowest BCUT2D eigenvalue weighted by Gasteiger charge is -2.14. The maximum absolute atomic E-state index is 13.1. The lowest BCUT2D eigenvalue weighted by molar-refractivity contribution is 0.0961. The summed E-state index contributed by atoms with van der Waals surface area (Å²) in [4.78, 5) is 33.8. The lowest BCUT2D eigenvalue weighted by Crippen LogP contribution is -2.19. The summed E-state index contributed by atoms with van der Waals surface area (Å²) in [7, 11) is 3.07. The van der Waals surface area contributed by atoms with Gasteiger partial charge in [0.1, 0.15) is 0 Å². The summed E-state index contributed by atoms with van der Waals surface area (Å²) in [6, 6.07) is 12.7. The molecule has 0 saturated carbocycles. The zero-order valence-electron chi connectivity index (χ0n) is 16.8. The van der Waals surface area contributed by atoms with Crippen molar-refractivity contribution in [1.29, 1.82) is 0 Å². The van der Waals surface area contributed by atoms with E-state index in [2.05, 4.69) is 25.9 Å². The van der Waals surface area contributed by atoms with E-state index in [0.29, 0.717) is 34.2 Å². The molecule has 0 unspecified atom stereocenters. The summed E-state index contributed by atoms with van der Waals surface area (Å²) in [6.07, 6.45) is 3.03. The van der Waals surface area contributed by atoms with Crippen LogP contribution >= 0.6 is 11.3 Å². The van der Waals surface area contributed by atoms with Crippen LogP contribution in [0.2, 0.25) is 0 Å². The predicted octanol–water partition coefficient (Wildman–Crippen LogP) is 4.06. The van der Waals surface area contributed by atoms with E-state index < -0.39 is 0 Å². The van der Waals surface area contributed by atoms with Crippen molar-refractivity contribution in [2.45, 2.75) is 0 Å². The van der Waals surface area contributed by atoms with Gasteiger partial charge in [0, 0.05) is 34.9 Å². The Labute approximate surface area is 182 Å². The van der Waals surface area contributed by atoms with Gasteiger partial charge in [-0.25, -0.2) is 9.97 Å². The molecule has 4 rings (SSSR count). The van der Waals surface area contributed by atoms with Crippen LogP contribution in [-0.2, 0) is 0 Å². The highest BCUT2D eigenvalue weighted by atomic mass is 32.1. The number of hydrogen-bond donors (Lipinski definition) is 3. The molecule has 0 bridgehead atoms. The number of nitrogens with one attached hydrogen (secondary N) is 3. The molecule has 0 fully saturated rings. The summed E-state index contributed by atoms with van der Waals surface area (Å²) >= 11 is 1.49. The number of carbonyl (C=O) groups excluding carboxylic acids is 2. The summed E-state index contributed by atoms with van der Waals surface area (Å²) < 4.78 is 6.34. The second-order valence-electron chi connectivity index (χ2n) is 6.48. The van der Waals surface area contributed by atoms with E-state index in [0.717, 1.165) is 10.1 Å². The first-order chi connectivity index (χ1) is 15.1. The summed E-state index contributed by atoms with van der Waals surface area (Å²) in [6.45, 7) is 0. The van der Waals surface area contributed by atoms with Gasteiger partial charge in [0.05, 0.1) is 23.9 Å². The fraction of sp³-hybridized carbons (Fsp3) is 0.0909. The van der Waals surface area contributed by atoms with E-state index in [-0.39, 0.29) is 11.8 Å². The Morgan fingerprint density at radius 1 is 1.03 bits per heavy atom. The molecule has 9 heteroatoms. The first-order valence-corrected chi connectivity index (χ1v) is 10.2. The number of nitrogens with zero attached hydrogens (tertiary/aromatic N) is 2. The van der Waals surface area contributed by atoms with Crippen LogP contribution in [0.4, 0.5) is 17.3 Å². The average Bonchev–Trinajstić information content (AvgIpc) is 3.24. The van der Waals surface area contributed by atoms with Crippen molar-refractivity contribution in [3.63, 3.8) is 0 Å². The highest BCUT2D eigenvalue weighted by molar-refractivity contribution is 7.17. The number of aromatic nitrogens is 2. The lowest BCUT2D eigenvalue weighted by atomic mass is 10.1. The van der Waals surface area contributed by atoms with Crippen molar-refractivity contribution >= 4 is 50.6 Å². The number of rotatable bonds is 6. The van der Waals surface area contributed by atoms with Crippen LogP contribution in [0.1, 0.15) is 20.7 Å². The zero-order valence-corrected chi connectivity index (χ0v) is 17.6. The average molecular weight is 433 g/mol. The zero-order chi connectivity index (χ0) is 21.8. The highest BCUT2D eigenvalue weighted by Crippen LogP contribution is 2.30. The minimum absolute atomic E-state index is 0.302.